The number of halogens is 1. The molecule has 0 saturated heterocycles. The highest BCUT2D eigenvalue weighted by molar-refractivity contribution is 6.32. The van der Waals surface area contributed by atoms with Gasteiger partial charge in [-0.3, -0.25) is 0 Å². The van der Waals surface area contributed by atoms with Gasteiger partial charge in [-0.15, -0.1) is 0 Å². The summed E-state index contributed by atoms with van der Waals surface area (Å²) in [5.74, 6) is 0.716. The number of hydrogen-bond acceptors (Lipinski definition) is 2. The Kier molecular flexibility index (Phi) is 6.09. The third kappa shape index (κ3) is 4.48. The van der Waals surface area contributed by atoms with E-state index in [4.69, 9.17) is 16.3 Å². The largest absolute Gasteiger partial charge is 0.495 e. The molecular weight excluding hydrogens is 282 g/mol. The molecule has 3 heteroatoms. The van der Waals surface area contributed by atoms with Crippen molar-refractivity contribution in [2.75, 3.05) is 7.11 Å². The van der Waals surface area contributed by atoms with E-state index in [-0.39, 0.29) is 0 Å². The first-order valence-electron chi connectivity index (χ1n) is 7.35. The molecule has 0 radical (unpaired) electrons. The van der Waals surface area contributed by atoms with Crippen LogP contribution in [0.3, 0.4) is 0 Å². The van der Waals surface area contributed by atoms with Crippen molar-refractivity contribution in [2.45, 2.75) is 32.4 Å². The van der Waals surface area contributed by atoms with Gasteiger partial charge in [-0.05, 0) is 29.7 Å². The number of methoxy groups -OCH3 is 1. The first-order valence-corrected chi connectivity index (χ1v) is 7.73. The van der Waals surface area contributed by atoms with Crippen molar-refractivity contribution in [3.8, 4) is 5.75 Å². The molecule has 0 heterocycles. The molecule has 0 aliphatic rings. The molecule has 2 rings (SSSR count). The topological polar surface area (TPSA) is 21.3 Å². The fourth-order valence-electron chi connectivity index (χ4n) is 2.42. The lowest BCUT2D eigenvalue weighted by atomic mass is 10.0. The fraction of sp³-hybridized carbons (Fsp3) is 0.333. The number of ether oxygens (including phenoxy) is 1. The summed E-state index contributed by atoms with van der Waals surface area (Å²) in [6.45, 7) is 3.01. The Morgan fingerprint density at radius 2 is 1.90 bits per heavy atom. The molecule has 1 unspecified atom stereocenters. The van der Waals surface area contributed by atoms with Gasteiger partial charge in [0.25, 0.3) is 0 Å². The minimum absolute atomic E-state index is 0.372. The quantitative estimate of drug-likeness (QED) is 0.779. The van der Waals surface area contributed by atoms with Gasteiger partial charge >= 0.3 is 0 Å². The lowest BCUT2D eigenvalue weighted by Crippen LogP contribution is -2.20. The number of benzene rings is 2. The smallest absolute Gasteiger partial charge is 0.137 e. The first kappa shape index (κ1) is 15.9. The first-order chi connectivity index (χ1) is 10.2. The summed E-state index contributed by atoms with van der Waals surface area (Å²) in [4.78, 5) is 0. The van der Waals surface area contributed by atoms with Crippen LogP contribution in [0.25, 0.3) is 0 Å². The van der Waals surface area contributed by atoms with Crippen LogP contribution in [-0.2, 0) is 6.54 Å². The molecule has 0 aliphatic heterocycles. The summed E-state index contributed by atoms with van der Waals surface area (Å²) in [5.41, 5.74) is 2.50. The Bertz CT molecular complexity index is 556. The second-order valence-corrected chi connectivity index (χ2v) is 5.51. The Balaban J connectivity index is 2.03. The van der Waals surface area contributed by atoms with Gasteiger partial charge in [-0.1, -0.05) is 61.3 Å². The molecule has 1 atom stereocenters. The van der Waals surface area contributed by atoms with Crippen molar-refractivity contribution in [1.29, 1.82) is 0 Å². The lowest BCUT2D eigenvalue weighted by molar-refractivity contribution is 0.414. The summed E-state index contributed by atoms with van der Waals surface area (Å²) in [7, 11) is 1.63. The minimum Gasteiger partial charge on any atom is -0.495 e. The highest BCUT2D eigenvalue weighted by Crippen LogP contribution is 2.25. The van der Waals surface area contributed by atoms with Crippen LogP contribution in [0.2, 0.25) is 5.02 Å². The average Bonchev–Trinajstić information content (AvgIpc) is 2.52. The van der Waals surface area contributed by atoms with E-state index in [1.807, 2.05) is 18.2 Å². The van der Waals surface area contributed by atoms with E-state index in [1.165, 1.54) is 5.56 Å². The van der Waals surface area contributed by atoms with Crippen molar-refractivity contribution in [3.63, 3.8) is 0 Å². The standard InChI is InChI=1S/C18H22ClNO/c1-3-7-17(15-8-5-4-6-9-15)20-13-14-10-11-18(21-2)16(19)12-14/h4-6,8-12,17,20H,3,7,13H2,1-2H3. The van der Waals surface area contributed by atoms with Crippen molar-refractivity contribution >= 4 is 11.6 Å². The predicted octanol–water partition coefficient (Wildman–Crippen LogP) is 4.98. The number of rotatable bonds is 7. The SMILES string of the molecule is CCCC(NCc1ccc(OC)c(Cl)c1)c1ccccc1. The average molecular weight is 304 g/mol. The third-order valence-corrected chi connectivity index (χ3v) is 3.84. The van der Waals surface area contributed by atoms with Crippen LogP contribution in [0.1, 0.15) is 36.9 Å². The highest BCUT2D eigenvalue weighted by atomic mass is 35.5. The number of hydrogen-bond donors (Lipinski definition) is 1. The van der Waals surface area contributed by atoms with Crippen LogP contribution >= 0.6 is 11.6 Å². The van der Waals surface area contributed by atoms with Crippen LogP contribution in [0, 0.1) is 0 Å². The van der Waals surface area contributed by atoms with Crippen LogP contribution in [0.15, 0.2) is 48.5 Å². The molecular formula is C18H22ClNO. The van der Waals surface area contributed by atoms with E-state index in [0.29, 0.717) is 16.8 Å². The van der Waals surface area contributed by atoms with E-state index in [9.17, 15) is 0 Å². The van der Waals surface area contributed by atoms with Crippen LogP contribution in [-0.4, -0.2) is 7.11 Å². The van der Waals surface area contributed by atoms with E-state index in [0.717, 1.165) is 24.9 Å². The molecule has 0 aromatic heterocycles. The Hall–Kier alpha value is -1.51. The Morgan fingerprint density at radius 3 is 2.52 bits per heavy atom. The van der Waals surface area contributed by atoms with Gasteiger partial charge < -0.3 is 10.1 Å². The van der Waals surface area contributed by atoms with Crippen molar-refractivity contribution in [1.82, 2.24) is 5.32 Å². The maximum absolute atomic E-state index is 6.17. The third-order valence-electron chi connectivity index (χ3n) is 3.55. The van der Waals surface area contributed by atoms with Crippen LogP contribution in [0.4, 0.5) is 0 Å². The van der Waals surface area contributed by atoms with Gasteiger partial charge in [0.2, 0.25) is 0 Å². The maximum atomic E-state index is 6.17. The molecule has 0 amide bonds. The van der Waals surface area contributed by atoms with Gasteiger partial charge in [0.15, 0.2) is 0 Å². The molecule has 0 bridgehead atoms. The predicted molar refractivity (Wildman–Crippen MR) is 88.9 cm³/mol. The van der Waals surface area contributed by atoms with Crippen LogP contribution < -0.4 is 10.1 Å². The van der Waals surface area contributed by atoms with Gasteiger partial charge in [0.05, 0.1) is 12.1 Å². The Labute approximate surface area is 132 Å². The van der Waals surface area contributed by atoms with E-state index in [2.05, 4.69) is 42.6 Å². The summed E-state index contributed by atoms with van der Waals surface area (Å²) < 4.78 is 5.18. The molecule has 0 spiro atoms. The van der Waals surface area contributed by atoms with E-state index in [1.54, 1.807) is 7.11 Å². The summed E-state index contributed by atoms with van der Waals surface area (Å²) >= 11 is 6.17. The maximum Gasteiger partial charge on any atom is 0.137 e. The molecule has 2 nitrogen and oxygen atoms in total. The number of nitrogens with one attached hydrogen (secondary N) is 1. The lowest BCUT2D eigenvalue weighted by Gasteiger charge is -2.19. The molecule has 0 fully saturated rings. The zero-order valence-electron chi connectivity index (χ0n) is 12.6. The van der Waals surface area contributed by atoms with Gasteiger partial charge in [-0.2, -0.15) is 0 Å². The minimum atomic E-state index is 0.372. The molecule has 0 aliphatic carbocycles. The molecule has 21 heavy (non-hydrogen) atoms. The normalized spacial score (nSPS) is 12.1. The molecule has 2 aromatic rings. The van der Waals surface area contributed by atoms with Gasteiger partial charge in [0, 0.05) is 12.6 Å². The van der Waals surface area contributed by atoms with Crippen molar-refractivity contribution in [3.05, 3.63) is 64.7 Å². The summed E-state index contributed by atoms with van der Waals surface area (Å²) in [5, 5.41) is 4.27. The molecule has 0 saturated carbocycles. The van der Waals surface area contributed by atoms with E-state index >= 15 is 0 Å². The second-order valence-electron chi connectivity index (χ2n) is 5.10. The summed E-state index contributed by atoms with van der Waals surface area (Å²) in [6, 6.07) is 16.9. The van der Waals surface area contributed by atoms with Crippen molar-refractivity contribution < 1.29 is 4.74 Å². The second kappa shape index (κ2) is 8.06. The molecule has 1 N–H and O–H groups in total. The highest BCUT2D eigenvalue weighted by Gasteiger charge is 2.10. The zero-order valence-corrected chi connectivity index (χ0v) is 13.4. The van der Waals surface area contributed by atoms with Crippen molar-refractivity contribution in [2.24, 2.45) is 0 Å². The monoisotopic (exact) mass is 303 g/mol. The molecule has 2 aromatic carbocycles. The van der Waals surface area contributed by atoms with Gasteiger partial charge in [0.1, 0.15) is 5.75 Å². The molecule has 112 valence electrons. The van der Waals surface area contributed by atoms with Crippen LogP contribution in [0.5, 0.6) is 5.75 Å². The van der Waals surface area contributed by atoms with E-state index < -0.39 is 0 Å². The Morgan fingerprint density at radius 1 is 1.14 bits per heavy atom. The fourth-order valence-corrected chi connectivity index (χ4v) is 2.70. The van der Waals surface area contributed by atoms with Gasteiger partial charge in [-0.25, -0.2) is 0 Å². The zero-order chi connectivity index (χ0) is 15.1. The summed E-state index contributed by atoms with van der Waals surface area (Å²) in [6.07, 6.45) is 2.27.